The van der Waals surface area contributed by atoms with Crippen LogP contribution in [0.15, 0.2) is 221 Å². The van der Waals surface area contributed by atoms with Crippen molar-refractivity contribution >= 4 is 65.9 Å². The Morgan fingerprint density at radius 3 is 1.97 bits per heavy atom. The second kappa shape index (κ2) is 14.8. The largest absolute Gasteiger partial charge is 0.456 e. The van der Waals surface area contributed by atoms with Gasteiger partial charge in [0.15, 0.2) is 6.17 Å². The number of amidine groups is 2. The van der Waals surface area contributed by atoms with E-state index in [1.807, 2.05) is 6.07 Å². The fourth-order valence-electron chi connectivity index (χ4n) is 10.4. The molecular weight excluding hydrogens is 779 g/mol. The third-order valence-electron chi connectivity index (χ3n) is 13.5. The summed E-state index contributed by atoms with van der Waals surface area (Å²) >= 11 is 0. The topological polar surface area (TPSA) is 49.9 Å². The van der Waals surface area contributed by atoms with Crippen LogP contribution in [-0.2, 0) is 6.42 Å². The van der Waals surface area contributed by atoms with Crippen molar-refractivity contribution in [2.24, 2.45) is 9.98 Å². The highest BCUT2D eigenvalue weighted by Gasteiger charge is 2.29. The molecule has 2 atom stereocenters. The maximum atomic E-state index is 6.80. The van der Waals surface area contributed by atoms with E-state index in [2.05, 4.69) is 206 Å². The van der Waals surface area contributed by atoms with Crippen LogP contribution in [0, 0.1) is 0 Å². The van der Waals surface area contributed by atoms with E-state index in [1.54, 1.807) is 0 Å². The van der Waals surface area contributed by atoms with Crippen molar-refractivity contribution in [2.75, 3.05) is 0 Å². The van der Waals surface area contributed by atoms with Gasteiger partial charge in [-0.05, 0) is 120 Å². The van der Waals surface area contributed by atoms with Gasteiger partial charge in [0.25, 0.3) is 0 Å². The predicted octanol–water partition coefficient (Wildman–Crippen LogP) is 15.0. The predicted molar refractivity (Wildman–Crippen MR) is 266 cm³/mol. The van der Waals surface area contributed by atoms with E-state index in [0.29, 0.717) is 0 Å². The Hall–Kier alpha value is -8.08. The summed E-state index contributed by atoms with van der Waals surface area (Å²) in [7, 11) is 0. The summed E-state index contributed by atoms with van der Waals surface area (Å²) in [5.41, 5.74) is 13.6. The zero-order valence-electron chi connectivity index (χ0n) is 35.0. The highest BCUT2D eigenvalue weighted by Crippen LogP contribution is 2.45. The Morgan fingerprint density at radius 1 is 0.422 bits per heavy atom. The minimum atomic E-state index is -0.484. The lowest BCUT2D eigenvalue weighted by Gasteiger charge is -2.24. The van der Waals surface area contributed by atoms with Crippen molar-refractivity contribution in [1.82, 2.24) is 5.32 Å². The fourth-order valence-corrected chi connectivity index (χ4v) is 10.4. The van der Waals surface area contributed by atoms with Gasteiger partial charge in [0, 0.05) is 27.8 Å². The maximum Gasteiger partial charge on any atom is 0.169 e. The Kier molecular flexibility index (Phi) is 8.45. The van der Waals surface area contributed by atoms with Crippen LogP contribution in [-0.4, -0.2) is 11.7 Å². The number of rotatable bonds is 5. The zero-order chi connectivity index (χ0) is 42.1. The molecular formula is C60H41N3O. The first-order chi connectivity index (χ1) is 31.7. The molecule has 4 nitrogen and oxygen atoms in total. The molecule has 0 saturated carbocycles. The Labute approximate surface area is 370 Å². The van der Waals surface area contributed by atoms with Gasteiger partial charge < -0.3 is 9.73 Å². The van der Waals surface area contributed by atoms with Gasteiger partial charge in [-0.3, -0.25) is 0 Å². The molecule has 0 saturated heterocycles. The maximum absolute atomic E-state index is 6.80. The fraction of sp³-hybridized carbons (Fsp3) is 0.0667. The highest BCUT2D eigenvalue weighted by atomic mass is 16.3. The summed E-state index contributed by atoms with van der Waals surface area (Å²) in [5, 5.41) is 13.3. The quantitative estimate of drug-likeness (QED) is 0.176. The van der Waals surface area contributed by atoms with E-state index < -0.39 is 6.17 Å². The summed E-state index contributed by atoms with van der Waals surface area (Å²) < 4.78 is 6.80. The van der Waals surface area contributed by atoms with E-state index in [4.69, 9.17) is 14.4 Å². The summed E-state index contributed by atoms with van der Waals surface area (Å²) in [6.45, 7) is 0. The lowest BCUT2D eigenvalue weighted by molar-refractivity contribution is 0.665. The molecule has 2 heterocycles. The van der Waals surface area contributed by atoms with Crippen molar-refractivity contribution in [1.29, 1.82) is 0 Å². The van der Waals surface area contributed by atoms with Gasteiger partial charge in [-0.25, -0.2) is 9.98 Å². The van der Waals surface area contributed by atoms with E-state index in [1.165, 1.54) is 65.7 Å². The number of hydrogen-bond donors (Lipinski definition) is 1. The SMILES string of the molecule is c1ccc(-c2ccc(C3N=C(c4ccc5c(ccc6ccccc65)c4)NC(c4cc(C5CCc6cc7ccccc7cc6-c6ccccc65)cc5oc6ccccc6c45)=N3)cc2)cc1. The van der Waals surface area contributed by atoms with Crippen LogP contribution < -0.4 is 5.32 Å². The molecule has 13 rings (SSSR count). The first-order valence-corrected chi connectivity index (χ1v) is 22.2. The molecule has 2 aliphatic rings. The van der Waals surface area contributed by atoms with E-state index in [0.717, 1.165) is 68.7 Å². The minimum absolute atomic E-state index is 0.122. The first kappa shape index (κ1) is 36.6. The molecule has 0 bridgehead atoms. The molecule has 0 spiro atoms. The molecule has 302 valence electrons. The second-order valence-corrected chi connectivity index (χ2v) is 17.2. The van der Waals surface area contributed by atoms with Gasteiger partial charge in [-0.2, -0.15) is 0 Å². The Balaban J connectivity index is 0.987. The van der Waals surface area contributed by atoms with Crippen molar-refractivity contribution in [3.63, 3.8) is 0 Å². The minimum Gasteiger partial charge on any atom is -0.456 e. The van der Waals surface area contributed by atoms with E-state index in [9.17, 15) is 0 Å². The van der Waals surface area contributed by atoms with Crippen molar-refractivity contribution in [2.45, 2.75) is 24.9 Å². The standard InChI is InChI=1S/C60H41N3O/c1-2-12-37(13-3-1)38-22-25-40(26-23-38)58-61-59(45-29-31-48-43(33-45)27-24-39-14-6-7-17-47(39)48)63-60(62-58)54-35-46(36-56-57(54)52-20-10-11-21-55(52)64-56)49-30-28-44-32-41-15-4-5-16-42(41)34-53(44)51-19-9-8-18-50(49)51/h1-27,29,31-36,49,58H,28,30H2,(H,61,62,63). The number of hydrogen-bond acceptors (Lipinski definition) is 4. The molecule has 0 amide bonds. The summed E-state index contributed by atoms with van der Waals surface area (Å²) in [6, 6.07) is 74.5. The summed E-state index contributed by atoms with van der Waals surface area (Å²) in [6.07, 6.45) is 1.44. The van der Waals surface area contributed by atoms with Crippen molar-refractivity contribution < 1.29 is 4.42 Å². The van der Waals surface area contributed by atoms with Crippen LogP contribution in [0.4, 0.5) is 0 Å². The zero-order valence-corrected chi connectivity index (χ0v) is 35.0. The summed E-state index contributed by atoms with van der Waals surface area (Å²) in [4.78, 5) is 10.9. The highest BCUT2D eigenvalue weighted by molar-refractivity contribution is 6.24. The van der Waals surface area contributed by atoms with Gasteiger partial charge in [0.05, 0.1) is 0 Å². The average Bonchev–Trinajstić information content (AvgIpc) is 3.66. The van der Waals surface area contributed by atoms with Gasteiger partial charge in [0.1, 0.15) is 22.8 Å². The van der Waals surface area contributed by atoms with Crippen LogP contribution in [0.1, 0.15) is 51.9 Å². The monoisotopic (exact) mass is 819 g/mol. The molecule has 1 aliphatic heterocycles. The first-order valence-electron chi connectivity index (χ1n) is 22.2. The van der Waals surface area contributed by atoms with Crippen molar-refractivity contribution in [3.8, 4) is 22.3 Å². The van der Waals surface area contributed by atoms with Crippen LogP contribution in [0.5, 0.6) is 0 Å². The van der Waals surface area contributed by atoms with Gasteiger partial charge in [-0.15, -0.1) is 0 Å². The van der Waals surface area contributed by atoms with Gasteiger partial charge in [-0.1, -0.05) is 176 Å². The van der Waals surface area contributed by atoms with Gasteiger partial charge >= 0.3 is 0 Å². The second-order valence-electron chi connectivity index (χ2n) is 17.2. The number of aryl methyl sites for hydroxylation is 1. The Morgan fingerprint density at radius 2 is 1.09 bits per heavy atom. The molecule has 1 N–H and O–H groups in total. The average molecular weight is 820 g/mol. The smallest absolute Gasteiger partial charge is 0.169 e. The molecule has 1 aromatic heterocycles. The normalized spacial score (nSPS) is 16.0. The number of aliphatic imine (C=N–C) groups is 2. The number of fused-ring (bicyclic) bond motifs is 10. The molecule has 0 radical (unpaired) electrons. The molecule has 10 aromatic carbocycles. The Bertz CT molecular complexity index is 3710. The number of para-hydroxylation sites is 1. The van der Waals surface area contributed by atoms with E-state index >= 15 is 0 Å². The molecule has 11 aromatic rings. The van der Waals surface area contributed by atoms with Crippen molar-refractivity contribution in [3.05, 3.63) is 240 Å². The third-order valence-corrected chi connectivity index (χ3v) is 13.5. The van der Waals surface area contributed by atoms with Crippen LogP contribution in [0.25, 0.3) is 76.5 Å². The molecule has 2 unspecified atom stereocenters. The number of benzene rings is 10. The number of nitrogens with one attached hydrogen (secondary N) is 1. The van der Waals surface area contributed by atoms with Crippen LogP contribution >= 0.6 is 0 Å². The van der Waals surface area contributed by atoms with E-state index in [-0.39, 0.29) is 5.92 Å². The lowest BCUT2D eigenvalue weighted by atomic mass is 9.84. The number of nitrogens with zero attached hydrogens (tertiary/aromatic N) is 2. The molecule has 0 fully saturated rings. The van der Waals surface area contributed by atoms with Crippen LogP contribution in [0.2, 0.25) is 0 Å². The molecule has 4 heteroatoms. The molecule has 1 aliphatic carbocycles. The van der Waals surface area contributed by atoms with Gasteiger partial charge in [0.2, 0.25) is 0 Å². The summed E-state index contributed by atoms with van der Waals surface area (Å²) in [5.74, 6) is 1.68. The number of furan rings is 1. The molecule has 64 heavy (non-hydrogen) atoms. The van der Waals surface area contributed by atoms with Crippen LogP contribution in [0.3, 0.4) is 0 Å². The lowest BCUT2D eigenvalue weighted by Crippen LogP contribution is -2.36. The third kappa shape index (κ3) is 6.13.